The predicted molar refractivity (Wildman–Crippen MR) is 92.0 cm³/mol. The Hall–Kier alpha value is -2.60. The van der Waals surface area contributed by atoms with Crippen molar-refractivity contribution in [2.45, 2.75) is 19.4 Å². The molecule has 1 amide bonds. The minimum Gasteiger partial charge on any atom is -0.454 e. The number of carbonyl (C=O) groups excluding carboxylic acids is 1. The van der Waals surface area contributed by atoms with E-state index in [1.807, 2.05) is 18.2 Å². The van der Waals surface area contributed by atoms with Crippen molar-refractivity contribution in [1.29, 1.82) is 0 Å². The van der Waals surface area contributed by atoms with Gasteiger partial charge in [0.2, 0.25) is 12.7 Å². The van der Waals surface area contributed by atoms with Crippen LogP contribution in [0.5, 0.6) is 11.5 Å². The lowest BCUT2D eigenvalue weighted by molar-refractivity contribution is -0.120. The highest BCUT2D eigenvalue weighted by atomic mass is 19.1. The molecule has 0 aliphatic carbocycles. The average Bonchev–Trinajstić information content (AvgIpc) is 3.08. The molecule has 1 aliphatic rings. The number of halogens is 1. The molecule has 0 radical (unpaired) electrons. The van der Waals surface area contributed by atoms with E-state index in [9.17, 15) is 9.18 Å². The Labute approximate surface area is 146 Å². The maximum absolute atomic E-state index is 13.5. The van der Waals surface area contributed by atoms with Gasteiger partial charge >= 0.3 is 0 Å². The van der Waals surface area contributed by atoms with Crippen molar-refractivity contribution in [3.05, 3.63) is 59.4 Å². The third-order valence-electron chi connectivity index (χ3n) is 3.97. The van der Waals surface area contributed by atoms with Crippen molar-refractivity contribution in [3.8, 4) is 11.5 Å². The first kappa shape index (κ1) is 17.2. The van der Waals surface area contributed by atoms with Crippen LogP contribution in [0.4, 0.5) is 4.39 Å². The van der Waals surface area contributed by atoms with Gasteiger partial charge in [-0.25, -0.2) is 4.39 Å². The molecule has 2 N–H and O–H groups in total. The van der Waals surface area contributed by atoms with Crippen LogP contribution in [0, 0.1) is 5.82 Å². The lowest BCUT2D eigenvalue weighted by atomic mass is 10.1. The molecule has 0 spiro atoms. The Morgan fingerprint density at radius 2 is 1.92 bits per heavy atom. The second-order valence-electron chi connectivity index (χ2n) is 5.81. The molecule has 3 rings (SSSR count). The molecule has 1 heterocycles. The van der Waals surface area contributed by atoms with Crippen molar-refractivity contribution in [3.63, 3.8) is 0 Å². The van der Waals surface area contributed by atoms with Crippen LogP contribution in [-0.2, 0) is 17.8 Å². The molecule has 0 unspecified atom stereocenters. The van der Waals surface area contributed by atoms with Gasteiger partial charge < -0.3 is 20.1 Å². The third kappa shape index (κ3) is 4.93. The van der Waals surface area contributed by atoms with Gasteiger partial charge in [-0.3, -0.25) is 4.79 Å². The van der Waals surface area contributed by atoms with E-state index in [0.29, 0.717) is 38.0 Å². The zero-order chi connectivity index (χ0) is 17.5. The van der Waals surface area contributed by atoms with E-state index in [4.69, 9.17) is 9.47 Å². The number of carbonyl (C=O) groups is 1. The summed E-state index contributed by atoms with van der Waals surface area (Å²) in [5.41, 5.74) is 1.69. The summed E-state index contributed by atoms with van der Waals surface area (Å²) in [6.45, 7) is 1.92. The van der Waals surface area contributed by atoms with Crippen molar-refractivity contribution in [1.82, 2.24) is 10.6 Å². The van der Waals surface area contributed by atoms with Crippen LogP contribution in [0.1, 0.15) is 17.5 Å². The van der Waals surface area contributed by atoms with Gasteiger partial charge in [-0.15, -0.1) is 0 Å². The highest BCUT2D eigenvalue weighted by molar-refractivity contribution is 5.76. The van der Waals surface area contributed by atoms with Crippen molar-refractivity contribution >= 4 is 5.91 Å². The fourth-order valence-corrected chi connectivity index (χ4v) is 2.61. The first-order valence-corrected chi connectivity index (χ1v) is 8.32. The normalized spacial score (nSPS) is 12.2. The summed E-state index contributed by atoms with van der Waals surface area (Å²) in [6.07, 6.45) is 0.866. The van der Waals surface area contributed by atoms with E-state index >= 15 is 0 Å². The monoisotopic (exact) mass is 344 g/mol. The first-order valence-electron chi connectivity index (χ1n) is 8.32. The molecule has 0 atom stereocenters. The molecule has 132 valence electrons. The molecule has 5 nitrogen and oxygen atoms in total. The molecule has 6 heteroatoms. The Morgan fingerprint density at radius 1 is 1.08 bits per heavy atom. The highest BCUT2D eigenvalue weighted by Crippen LogP contribution is 2.32. The van der Waals surface area contributed by atoms with Crippen LogP contribution in [0.25, 0.3) is 0 Å². The highest BCUT2D eigenvalue weighted by Gasteiger charge is 2.12. The molecule has 0 saturated heterocycles. The van der Waals surface area contributed by atoms with E-state index in [1.165, 1.54) is 6.07 Å². The smallest absolute Gasteiger partial charge is 0.231 e. The molecule has 0 bridgehead atoms. The maximum Gasteiger partial charge on any atom is 0.231 e. The Kier molecular flexibility index (Phi) is 5.85. The van der Waals surface area contributed by atoms with Gasteiger partial charge in [0.05, 0.1) is 0 Å². The molecule has 0 aromatic heterocycles. The van der Waals surface area contributed by atoms with Gasteiger partial charge in [-0.1, -0.05) is 24.3 Å². The Morgan fingerprint density at radius 3 is 2.80 bits per heavy atom. The van der Waals surface area contributed by atoms with Gasteiger partial charge in [-0.2, -0.15) is 0 Å². The summed E-state index contributed by atoms with van der Waals surface area (Å²) in [6, 6.07) is 12.4. The van der Waals surface area contributed by atoms with Crippen LogP contribution >= 0.6 is 0 Å². The number of hydrogen-bond acceptors (Lipinski definition) is 4. The standard InChI is InChI=1S/C19H21FN2O3/c20-16-4-2-1-3-15(16)7-10-22-19(23)8-9-21-12-14-5-6-17-18(11-14)25-13-24-17/h1-6,11,21H,7-10,12-13H2,(H,22,23). The summed E-state index contributed by atoms with van der Waals surface area (Å²) in [5, 5.41) is 6.03. The lowest BCUT2D eigenvalue weighted by Crippen LogP contribution is -2.29. The number of nitrogens with one attached hydrogen (secondary N) is 2. The van der Waals surface area contributed by atoms with Gasteiger partial charge in [0.1, 0.15) is 5.82 Å². The van der Waals surface area contributed by atoms with Crippen molar-refractivity contribution < 1.29 is 18.7 Å². The van der Waals surface area contributed by atoms with Gasteiger partial charge in [0, 0.05) is 26.1 Å². The summed E-state index contributed by atoms with van der Waals surface area (Å²) >= 11 is 0. The molecule has 2 aromatic carbocycles. The molecule has 2 aromatic rings. The zero-order valence-electron chi connectivity index (χ0n) is 13.9. The number of fused-ring (bicyclic) bond motifs is 1. The maximum atomic E-state index is 13.5. The van der Waals surface area contributed by atoms with Crippen LogP contribution < -0.4 is 20.1 Å². The topological polar surface area (TPSA) is 59.6 Å². The Bertz CT molecular complexity index is 736. The second kappa shape index (κ2) is 8.48. The van der Waals surface area contributed by atoms with Crippen LogP contribution in [0.3, 0.4) is 0 Å². The van der Waals surface area contributed by atoms with Gasteiger partial charge in [0.25, 0.3) is 0 Å². The molecular formula is C19H21FN2O3. The summed E-state index contributed by atoms with van der Waals surface area (Å²) in [5.74, 6) is 1.24. The van der Waals surface area contributed by atoms with Crippen LogP contribution in [0.2, 0.25) is 0 Å². The molecule has 1 aliphatic heterocycles. The van der Waals surface area contributed by atoms with Crippen molar-refractivity contribution in [2.24, 2.45) is 0 Å². The quantitative estimate of drug-likeness (QED) is 0.722. The summed E-state index contributed by atoms with van der Waals surface area (Å²) in [7, 11) is 0. The first-order chi connectivity index (χ1) is 12.2. The molecule has 0 saturated carbocycles. The number of hydrogen-bond donors (Lipinski definition) is 2. The zero-order valence-corrected chi connectivity index (χ0v) is 13.9. The fourth-order valence-electron chi connectivity index (χ4n) is 2.61. The van der Waals surface area contributed by atoms with E-state index in [0.717, 1.165) is 17.1 Å². The van der Waals surface area contributed by atoms with Gasteiger partial charge in [0.15, 0.2) is 11.5 Å². The SMILES string of the molecule is O=C(CCNCc1ccc2c(c1)OCO2)NCCc1ccccc1F. The van der Waals surface area contributed by atoms with E-state index < -0.39 is 0 Å². The molecule has 0 fully saturated rings. The minimum absolute atomic E-state index is 0.0467. The fraction of sp³-hybridized carbons (Fsp3) is 0.316. The predicted octanol–water partition coefficient (Wildman–Crippen LogP) is 2.39. The third-order valence-corrected chi connectivity index (χ3v) is 3.97. The lowest BCUT2D eigenvalue weighted by Gasteiger charge is -2.08. The van der Waals surface area contributed by atoms with Crippen LogP contribution in [0.15, 0.2) is 42.5 Å². The van der Waals surface area contributed by atoms with E-state index in [1.54, 1.807) is 18.2 Å². The Balaban J connectivity index is 1.31. The summed E-state index contributed by atoms with van der Waals surface area (Å²) < 4.78 is 24.1. The van der Waals surface area contributed by atoms with E-state index in [2.05, 4.69) is 10.6 Å². The second-order valence-corrected chi connectivity index (χ2v) is 5.81. The number of benzene rings is 2. The van der Waals surface area contributed by atoms with Gasteiger partial charge in [-0.05, 0) is 35.7 Å². The van der Waals surface area contributed by atoms with E-state index in [-0.39, 0.29) is 18.5 Å². The number of ether oxygens (including phenoxy) is 2. The van der Waals surface area contributed by atoms with Crippen molar-refractivity contribution in [2.75, 3.05) is 19.9 Å². The molecular weight excluding hydrogens is 323 g/mol. The minimum atomic E-state index is -0.234. The van der Waals surface area contributed by atoms with Crippen LogP contribution in [-0.4, -0.2) is 25.8 Å². The largest absolute Gasteiger partial charge is 0.454 e. The number of rotatable bonds is 8. The average molecular weight is 344 g/mol. The molecule has 25 heavy (non-hydrogen) atoms. The summed E-state index contributed by atoms with van der Waals surface area (Å²) in [4.78, 5) is 11.8. The number of amides is 1.